The highest BCUT2D eigenvalue weighted by atomic mass is 19.4. The maximum Gasteiger partial charge on any atom is 0.490 e. The van der Waals surface area contributed by atoms with E-state index in [0.717, 1.165) is 42.5 Å². The molecule has 1 aliphatic rings. The molecular formula is C41H52F3N9O7. The summed E-state index contributed by atoms with van der Waals surface area (Å²) in [4.78, 5) is 57.1. The molecule has 0 saturated heterocycles. The van der Waals surface area contributed by atoms with Gasteiger partial charge in [0.1, 0.15) is 5.60 Å². The molecule has 0 bridgehead atoms. The molecule has 16 nitrogen and oxygen atoms in total. The molecule has 5 N–H and O–H groups in total. The van der Waals surface area contributed by atoms with Gasteiger partial charge in [0.2, 0.25) is 17.6 Å². The van der Waals surface area contributed by atoms with Crippen molar-refractivity contribution in [3.8, 4) is 28.4 Å². The fourth-order valence-electron chi connectivity index (χ4n) is 6.28. The Labute approximate surface area is 346 Å². The van der Waals surface area contributed by atoms with Gasteiger partial charge in [0.05, 0.1) is 18.3 Å². The largest absolute Gasteiger partial charge is 0.490 e. The second-order valence-electron chi connectivity index (χ2n) is 15.6. The van der Waals surface area contributed by atoms with Crippen LogP contribution in [-0.4, -0.2) is 111 Å². The lowest BCUT2D eigenvalue weighted by atomic mass is 9.81. The van der Waals surface area contributed by atoms with Crippen LogP contribution in [0.15, 0.2) is 66.9 Å². The third-order valence-corrected chi connectivity index (χ3v) is 9.34. The molecular weight excluding hydrogens is 788 g/mol. The van der Waals surface area contributed by atoms with Crippen LogP contribution >= 0.6 is 0 Å². The standard InChI is InChI=1S/C39H51N9O5.C2HF3O2/c1-39(2,3)53-38(51)42-24-27-9-13-30(14-10-27)36(49)48(32-18-15-29(16-19-32)35-43-45-46-44-35)37(50)33(40)23-26-7-11-28(12-8-26)31-17-20-34(41-25-31)52-22-6-21-47(4)5;3-2(4,5)1(6)7/h7-8,11-12,15-20,25,27,30,33H,6,9-10,13-14,21-24,40H2,1-5H3,(H,42,51)(H,43,44,45,46);(H,6,7)/t27?,30?,33-;/m0./s1. The Kier molecular flexibility index (Phi) is 16.6. The van der Waals surface area contributed by atoms with E-state index in [1.54, 1.807) is 30.5 Å². The summed E-state index contributed by atoms with van der Waals surface area (Å²) in [6.45, 7) is 7.47. The summed E-state index contributed by atoms with van der Waals surface area (Å²) < 4.78 is 42.9. The molecule has 0 spiro atoms. The van der Waals surface area contributed by atoms with Crippen molar-refractivity contribution in [2.45, 2.75) is 77.1 Å². The van der Waals surface area contributed by atoms with Gasteiger partial charge in [-0.3, -0.25) is 9.59 Å². The third-order valence-electron chi connectivity index (χ3n) is 9.34. The van der Waals surface area contributed by atoms with E-state index in [1.165, 1.54) is 4.90 Å². The van der Waals surface area contributed by atoms with Crippen LogP contribution in [0.4, 0.5) is 23.7 Å². The van der Waals surface area contributed by atoms with Crippen LogP contribution in [0.2, 0.25) is 0 Å². The quantitative estimate of drug-likeness (QED) is 0.113. The molecule has 2 heterocycles. The number of pyridine rings is 1. The number of aromatic nitrogens is 5. The zero-order chi connectivity index (χ0) is 44.0. The first-order valence-electron chi connectivity index (χ1n) is 19.4. The number of rotatable bonds is 14. The summed E-state index contributed by atoms with van der Waals surface area (Å²) in [5.41, 5.74) is 9.87. The van der Waals surface area contributed by atoms with Crippen molar-refractivity contribution in [2.24, 2.45) is 17.6 Å². The highest BCUT2D eigenvalue weighted by molar-refractivity contribution is 6.17. The Morgan fingerprint density at radius 2 is 1.55 bits per heavy atom. The van der Waals surface area contributed by atoms with E-state index < -0.39 is 35.8 Å². The van der Waals surface area contributed by atoms with Crippen LogP contribution in [0.1, 0.15) is 58.4 Å². The van der Waals surface area contributed by atoms with Gasteiger partial charge in [-0.15, -0.1) is 10.2 Å². The van der Waals surface area contributed by atoms with E-state index >= 15 is 0 Å². The number of hydrogen-bond donors (Lipinski definition) is 4. The van der Waals surface area contributed by atoms with Crippen LogP contribution < -0.4 is 20.7 Å². The van der Waals surface area contributed by atoms with Gasteiger partial charge in [-0.1, -0.05) is 24.3 Å². The first-order valence-corrected chi connectivity index (χ1v) is 19.4. The van der Waals surface area contributed by atoms with E-state index in [0.29, 0.717) is 48.9 Å². The second kappa shape index (κ2) is 21.3. The zero-order valence-electron chi connectivity index (χ0n) is 34.2. The Morgan fingerprint density at radius 3 is 2.08 bits per heavy atom. The van der Waals surface area contributed by atoms with E-state index in [9.17, 15) is 27.6 Å². The maximum atomic E-state index is 14.2. The van der Waals surface area contributed by atoms with Crippen molar-refractivity contribution >= 4 is 29.6 Å². The summed E-state index contributed by atoms with van der Waals surface area (Å²) in [5, 5.41) is 24.1. The minimum atomic E-state index is -5.08. The number of benzene rings is 2. The highest BCUT2D eigenvalue weighted by Gasteiger charge is 2.38. The van der Waals surface area contributed by atoms with Crippen molar-refractivity contribution in [1.29, 1.82) is 0 Å². The van der Waals surface area contributed by atoms with Gasteiger partial charge in [-0.2, -0.15) is 18.4 Å². The fraction of sp³-hybridized carbons (Fsp3) is 0.463. The van der Waals surface area contributed by atoms with Gasteiger partial charge in [0.25, 0.3) is 5.91 Å². The molecule has 4 aromatic rings. The summed E-state index contributed by atoms with van der Waals surface area (Å²) in [5.74, 6) is -2.71. The van der Waals surface area contributed by atoms with E-state index in [-0.39, 0.29) is 24.2 Å². The van der Waals surface area contributed by atoms with Crippen molar-refractivity contribution in [3.63, 3.8) is 0 Å². The van der Waals surface area contributed by atoms with Crippen LogP contribution in [0.3, 0.4) is 0 Å². The van der Waals surface area contributed by atoms with Crippen LogP contribution in [0.25, 0.3) is 22.5 Å². The number of tetrazole rings is 1. The number of carboxylic acids is 1. The van der Waals surface area contributed by atoms with Crippen LogP contribution in [0, 0.1) is 11.8 Å². The summed E-state index contributed by atoms with van der Waals surface area (Å²) in [6.07, 6.45) is 0.0212. The maximum absolute atomic E-state index is 14.2. The lowest BCUT2D eigenvalue weighted by Crippen LogP contribution is -2.50. The second-order valence-corrected chi connectivity index (χ2v) is 15.6. The molecule has 1 aliphatic carbocycles. The number of nitrogens with two attached hydrogens (primary N) is 1. The lowest BCUT2D eigenvalue weighted by molar-refractivity contribution is -0.192. The van der Waals surface area contributed by atoms with E-state index in [1.807, 2.05) is 71.3 Å². The van der Waals surface area contributed by atoms with Crippen LogP contribution in [0.5, 0.6) is 5.88 Å². The number of alkyl halides is 3. The number of anilines is 1. The Balaban J connectivity index is 0.00000104. The molecule has 1 fully saturated rings. The topological polar surface area (TPSA) is 219 Å². The normalized spacial score (nSPS) is 15.9. The van der Waals surface area contributed by atoms with E-state index in [2.05, 4.69) is 35.8 Å². The number of nitrogens with one attached hydrogen (secondary N) is 2. The number of H-pyrrole nitrogens is 1. The SMILES string of the molecule is CN(C)CCCOc1ccc(-c2ccc(C[C@H](N)C(=O)N(C(=O)C3CCC(CNC(=O)OC(C)(C)C)CC3)c3ccc(-c4nn[nH]n4)cc3)cc2)cn1.O=C(O)C(F)(F)F. The smallest absolute Gasteiger partial charge is 0.478 e. The number of ether oxygens (including phenoxy) is 2. The average Bonchev–Trinajstić information content (AvgIpc) is 3.74. The number of aliphatic carboxylic acids is 1. The predicted octanol–water partition coefficient (Wildman–Crippen LogP) is 5.65. The van der Waals surface area contributed by atoms with Gasteiger partial charge < -0.3 is 30.5 Å². The number of amides is 3. The summed E-state index contributed by atoms with van der Waals surface area (Å²) >= 11 is 0. The molecule has 2 aromatic heterocycles. The highest BCUT2D eigenvalue weighted by Crippen LogP contribution is 2.32. The van der Waals surface area contributed by atoms with Gasteiger partial charge in [-0.05, 0) is 126 Å². The zero-order valence-corrected chi connectivity index (χ0v) is 34.2. The van der Waals surface area contributed by atoms with Crippen molar-refractivity contribution < 1.29 is 46.9 Å². The minimum Gasteiger partial charge on any atom is -0.478 e. The molecule has 2 aromatic carbocycles. The number of imide groups is 1. The number of hydrogen-bond acceptors (Lipinski definition) is 12. The Hall–Kier alpha value is -5.95. The molecule has 3 amide bonds. The average molecular weight is 840 g/mol. The first-order chi connectivity index (χ1) is 28.3. The predicted molar refractivity (Wildman–Crippen MR) is 216 cm³/mol. The molecule has 0 radical (unpaired) electrons. The van der Waals surface area contributed by atoms with Gasteiger partial charge in [0, 0.05) is 42.4 Å². The monoisotopic (exact) mass is 839 g/mol. The van der Waals surface area contributed by atoms with Gasteiger partial charge in [-0.25, -0.2) is 19.5 Å². The van der Waals surface area contributed by atoms with Crippen LogP contribution in [-0.2, 0) is 25.5 Å². The van der Waals surface area contributed by atoms with Crippen molar-refractivity contribution in [1.82, 2.24) is 35.8 Å². The number of carboxylic acid groups (broad SMARTS) is 1. The molecule has 5 rings (SSSR count). The van der Waals surface area contributed by atoms with Gasteiger partial charge in [0.15, 0.2) is 0 Å². The number of carbonyl (C=O) groups excluding carboxylic acids is 3. The van der Waals surface area contributed by atoms with E-state index in [4.69, 9.17) is 25.1 Å². The Morgan fingerprint density at radius 1 is 0.933 bits per heavy atom. The molecule has 19 heteroatoms. The van der Waals surface area contributed by atoms with Gasteiger partial charge >= 0.3 is 18.2 Å². The number of alkyl carbamates (subject to hydrolysis) is 1. The third kappa shape index (κ3) is 14.7. The first kappa shape index (κ1) is 46.7. The summed E-state index contributed by atoms with van der Waals surface area (Å²) in [6, 6.07) is 17.6. The number of nitrogens with zero attached hydrogens (tertiary/aromatic N) is 6. The molecule has 324 valence electrons. The molecule has 1 saturated carbocycles. The lowest BCUT2D eigenvalue weighted by Gasteiger charge is -2.32. The molecule has 1 atom stereocenters. The molecule has 0 unspecified atom stereocenters. The minimum absolute atomic E-state index is 0.204. The number of aromatic amines is 1. The van der Waals surface area contributed by atoms with Crippen molar-refractivity contribution in [3.05, 3.63) is 72.4 Å². The summed E-state index contributed by atoms with van der Waals surface area (Å²) in [7, 11) is 4.06. The molecule has 60 heavy (non-hydrogen) atoms. The molecule has 0 aliphatic heterocycles. The Bertz CT molecular complexity index is 1980. The fourth-order valence-corrected chi connectivity index (χ4v) is 6.28. The number of halogens is 3. The number of carbonyl (C=O) groups is 4. The van der Waals surface area contributed by atoms with Crippen molar-refractivity contribution in [2.75, 3.05) is 38.7 Å².